The average molecular weight is 296 g/mol. The number of hydrogen-bond donors (Lipinski definition) is 0. The maximum Gasteiger partial charge on any atom is 0.417 e. The van der Waals surface area contributed by atoms with Crippen LogP contribution in [-0.2, 0) is 19.1 Å². The van der Waals surface area contributed by atoms with E-state index < -0.39 is 17.5 Å². The molecule has 0 aliphatic carbocycles. The zero-order chi connectivity index (χ0) is 15.5. The van der Waals surface area contributed by atoms with Gasteiger partial charge in [-0.15, -0.1) is 0 Å². The van der Waals surface area contributed by atoms with E-state index >= 15 is 0 Å². The van der Waals surface area contributed by atoms with Gasteiger partial charge < -0.3 is 4.57 Å². The van der Waals surface area contributed by atoms with Crippen LogP contribution in [0.1, 0.15) is 35.1 Å². The molecule has 1 heterocycles. The Morgan fingerprint density at radius 2 is 2.00 bits per heavy atom. The van der Waals surface area contributed by atoms with Crippen molar-refractivity contribution < 1.29 is 18.0 Å². The molecule has 21 heavy (non-hydrogen) atoms. The van der Waals surface area contributed by atoms with E-state index in [0.29, 0.717) is 12.4 Å². The number of halogens is 3. The predicted octanol–water partition coefficient (Wildman–Crippen LogP) is 3.74. The van der Waals surface area contributed by atoms with Gasteiger partial charge in [-0.25, -0.2) is 4.98 Å². The maximum atomic E-state index is 12.9. The molecule has 0 N–H and O–H groups in total. The summed E-state index contributed by atoms with van der Waals surface area (Å²) in [6.07, 6.45) is -0.544. The molecule has 0 aliphatic rings. The molecule has 1 aromatic carbocycles. The summed E-state index contributed by atoms with van der Waals surface area (Å²) >= 11 is 0. The Balaban J connectivity index is 2.27. The number of carbonyl (C=O) groups excluding carboxylic acids is 1. The number of Topliss-reactive ketones (excluding diaryl/α,β-unsaturated/α-hetero) is 1. The van der Waals surface area contributed by atoms with Gasteiger partial charge in [0.15, 0.2) is 5.78 Å². The molecule has 3 nitrogen and oxygen atoms in total. The minimum absolute atomic E-state index is 0.139. The maximum absolute atomic E-state index is 12.9. The van der Waals surface area contributed by atoms with Gasteiger partial charge in [-0.1, -0.05) is 25.1 Å². The standard InChI is InChI=1S/C15H15F3N2O/c1-2-8-20-9-7-19-14(20)10-13(21)11-5-3-4-6-12(11)15(16,17)18/h3-7,9H,2,8,10H2,1H3. The lowest BCUT2D eigenvalue weighted by atomic mass is 10.0. The lowest BCUT2D eigenvalue weighted by Crippen LogP contribution is -2.16. The van der Waals surface area contributed by atoms with Gasteiger partial charge >= 0.3 is 6.18 Å². The van der Waals surface area contributed by atoms with Gasteiger partial charge in [0.05, 0.1) is 12.0 Å². The van der Waals surface area contributed by atoms with Gasteiger partial charge in [0, 0.05) is 24.5 Å². The zero-order valence-electron chi connectivity index (χ0n) is 11.5. The Kier molecular flexibility index (Phi) is 4.45. The zero-order valence-corrected chi connectivity index (χ0v) is 11.5. The summed E-state index contributed by atoms with van der Waals surface area (Å²) in [7, 11) is 0. The van der Waals surface area contributed by atoms with E-state index in [1.54, 1.807) is 17.0 Å². The number of benzene rings is 1. The third kappa shape index (κ3) is 3.51. The van der Waals surface area contributed by atoms with Crippen molar-refractivity contribution in [3.63, 3.8) is 0 Å². The van der Waals surface area contributed by atoms with Crippen molar-refractivity contribution in [1.29, 1.82) is 0 Å². The van der Waals surface area contributed by atoms with Gasteiger partial charge in [-0.2, -0.15) is 13.2 Å². The fourth-order valence-electron chi connectivity index (χ4n) is 2.16. The van der Waals surface area contributed by atoms with Crippen LogP contribution in [0.5, 0.6) is 0 Å². The van der Waals surface area contributed by atoms with Crippen molar-refractivity contribution >= 4 is 5.78 Å². The molecule has 0 aliphatic heterocycles. The third-order valence-corrected chi connectivity index (χ3v) is 3.12. The van der Waals surface area contributed by atoms with E-state index in [4.69, 9.17) is 0 Å². The average Bonchev–Trinajstić information content (AvgIpc) is 2.85. The fraction of sp³-hybridized carbons (Fsp3) is 0.333. The number of hydrogen-bond acceptors (Lipinski definition) is 2. The molecule has 0 bridgehead atoms. The van der Waals surface area contributed by atoms with Crippen LogP contribution < -0.4 is 0 Å². The highest BCUT2D eigenvalue weighted by atomic mass is 19.4. The van der Waals surface area contributed by atoms with Crippen LogP contribution in [0, 0.1) is 0 Å². The van der Waals surface area contributed by atoms with Crippen LogP contribution in [0.4, 0.5) is 13.2 Å². The highest BCUT2D eigenvalue weighted by Crippen LogP contribution is 2.32. The number of carbonyl (C=O) groups is 1. The van der Waals surface area contributed by atoms with E-state index in [9.17, 15) is 18.0 Å². The second-order valence-corrected chi connectivity index (χ2v) is 4.68. The molecule has 6 heteroatoms. The minimum atomic E-state index is -4.54. The first kappa shape index (κ1) is 15.3. The molecular weight excluding hydrogens is 281 g/mol. The SMILES string of the molecule is CCCn1ccnc1CC(=O)c1ccccc1C(F)(F)F. The summed E-state index contributed by atoms with van der Waals surface area (Å²) in [6, 6.07) is 4.84. The smallest absolute Gasteiger partial charge is 0.335 e. The monoisotopic (exact) mass is 296 g/mol. The van der Waals surface area contributed by atoms with Crippen molar-refractivity contribution in [3.05, 3.63) is 53.6 Å². The van der Waals surface area contributed by atoms with Crippen LogP contribution in [0.15, 0.2) is 36.7 Å². The van der Waals surface area contributed by atoms with Gasteiger partial charge in [-0.05, 0) is 12.5 Å². The molecule has 2 aromatic rings. The second-order valence-electron chi connectivity index (χ2n) is 4.68. The minimum Gasteiger partial charge on any atom is -0.335 e. The first-order valence-electron chi connectivity index (χ1n) is 6.63. The Hall–Kier alpha value is -2.11. The van der Waals surface area contributed by atoms with E-state index in [2.05, 4.69) is 4.98 Å². The Morgan fingerprint density at radius 1 is 1.29 bits per heavy atom. The number of alkyl halides is 3. The summed E-state index contributed by atoms with van der Waals surface area (Å²) < 4.78 is 40.5. The van der Waals surface area contributed by atoms with Gasteiger partial charge in [0.1, 0.15) is 5.82 Å². The third-order valence-electron chi connectivity index (χ3n) is 3.12. The molecule has 0 fully saturated rings. The van der Waals surface area contributed by atoms with E-state index in [-0.39, 0.29) is 12.0 Å². The Bertz CT molecular complexity index is 632. The summed E-state index contributed by atoms with van der Waals surface area (Å²) in [5.41, 5.74) is -1.21. The number of nitrogens with zero attached hydrogens (tertiary/aromatic N) is 2. The lowest BCUT2D eigenvalue weighted by Gasteiger charge is -2.12. The van der Waals surface area contributed by atoms with E-state index in [0.717, 1.165) is 12.5 Å². The van der Waals surface area contributed by atoms with Crippen molar-refractivity contribution in [2.24, 2.45) is 0 Å². The molecule has 0 saturated heterocycles. The van der Waals surface area contributed by atoms with Crippen molar-refractivity contribution in [2.75, 3.05) is 0 Å². The van der Waals surface area contributed by atoms with Crippen LogP contribution in [0.25, 0.3) is 0 Å². The molecule has 0 amide bonds. The Labute approximate surface area is 120 Å². The highest BCUT2D eigenvalue weighted by Gasteiger charge is 2.34. The molecule has 112 valence electrons. The van der Waals surface area contributed by atoms with Crippen molar-refractivity contribution in [1.82, 2.24) is 9.55 Å². The number of ketones is 1. The van der Waals surface area contributed by atoms with Gasteiger partial charge in [0.25, 0.3) is 0 Å². The van der Waals surface area contributed by atoms with E-state index in [1.807, 2.05) is 6.92 Å². The number of aryl methyl sites for hydroxylation is 1. The predicted molar refractivity (Wildman–Crippen MR) is 72.0 cm³/mol. The summed E-state index contributed by atoms with van der Waals surface area (Å²) in [5, 5.41) is 0. The highest BCUT2D eigenvalue weighted by molar-refractivity contribution is 5.98. The van der Waals surface area contributed by atoms with Crippen LogP contribution in [0.2, 0.25) is 0 Å². The topological polar surface area (TPSA) is 34.9 Å². The number of aromatic nitrogens is 2. The van der Waals surface area contributed by atoms with Crippen molar-refractivity contribution in [3.8, 4) is 0 Å². The molecule has 0 saturated carbocycles. The van der Waals surface area contributed by atoms with Crippen LogP contribution in [0.3, 0.4) is 0 Å². The second kappa shape index (κ2) is 6.11. The van der Waals surface area contributed by atoms with Crippen molar-refractivity contribution in [2.45, 2.75) is 32.5 Å². The summed E-state index contributed by atoms with van der Waals surface area (Å²) in [4.78, 5) is 16.2. The molecule has 0 atom stereocenters. The van der Waals surface area contributed by atoms with Crippen LogP contribution in [-0.4, -0.2) is 15.3 Å². The molecular formula is C15H15F3N2O. The number of rotatable bonds is 5. The largest absolute Gasteiger partial charge is 0.417 e. The Morgan fingerprint density at radius 3 is 2.67 bits per heavy atom. The first-order valence-corrected chi connectivity index (χ1v) is 6.63. The molecule has 0 unspecified atom stereocenters. The first-order chi connectivity index (χ1) is 9.93. The van der Waals surface area contributed by atoms with Crippen LogP contribution >= 0.6 is 0 Å². The summed E-state index contributed by atoms with van der Waals surface area (Å²) in [6.45, 7) is 2.66. The van der Waals surface area contributed by atoms with E-state index in [1.165, 1.54) is 18.2 Å². The molecule has 1 aromatic heterocycles. The molecule has 0 radical (unpaired) electrons. The molecule has 0 spiro atoms. The quantitative estimate of drug-likeness (QED) is 0.788. The summed E-state index contributed by atoms with van der Waals surface area (Å²) in [5.74, 6) is -0.0923. The normalized spacial score (nSPS) is 11.6. The number of imidazole rings is 1. The van der Waals surface area contributed by atoms with Gasteiger partial charge in [-0.3, -0.25) is 4.79 Å². The lowest BCUT2D eigenvalue weighted by molar-refractivity contribution is -0.137. The fourth-order valence-corrected chi connectivity index (χ4v) is 2.16. The van der Waals surface area contributed by atoms with Gasteiger partial charge in [0.2, 0.25) is 0 Å². The molecule has 2 rings (SSSR count).